The summed E-state index contributed by atoms with van der Waals surface area (Å²) in [6.07, 6.45) is 1.58. The quantitative estimate of drug-likeness (QED) is 0.823. The van der Waals surface area contributed by atoms with Crippen molar-refractivity contribution in [1.29, 1.82) is 0 Å². The summed E-state index contributed by atoms with van der Waals surface area (Å²) in [6, 6.07) is 7.54. The molecule has 0 aliphatic carbocycles. The van der Waals surface area contributed by atoms with E-state index in [0.29, 0.717) is 29.3 Å². The Balaban J connectivity index is 1.94. The van der Waals surface area contributed by atoms with Crippen molar-refractivity contribution in [2.75, 3.05) is 11.9 Å². The molecule has 24 heavy (non-hydrogen) atoms. The molecule has 2 aromatic rings. The largest absolute Gasteiger partial charge is 0.478 e. The SMILES string of the molecule is CCOc1ncccc1CNC(=O)C(=O)Nc1ccc(F)c(C)c1. The van der Waals surface area contributed by atoms with E-state index in [1.807, 2.05) is 6.92 Å². The van der Waals surface area contributed by atoms with Crippen molar-refractivity contribution in [1.82, 2.24) is 10.3 Å². The predicted molar refractivity (Wildman–Crippen MR) is 87.0 cm³/mol. The third kappa shape index (κ3) is 4.52. The van der Waals surface area contributed by atoms with Gasteiger partial charge in [0.1, 0.15) is 5.82 Å². The van der Waals surface area contributed by atoms with E-state index in [-0.39, 0.29) is 12.4 Å². The molecule has 0 radical (unpaired) electrons. The van der Waals surface area contributed by atoms with Crippen molar-refractivity contribution in [2.24, 2.45) is 0 Å². The molecule has 0 bridgehead atoms. The Morgan fingerprint density at radius 3 is 2.75 bits per heavy atom. The molecule has 0 aliphatic rings. The smallest absolute Gasteiger partial charge is 0.313 e. The maximum absolute atomic E-state index is 13.2. The number of amides is 2. The van der Waals surface area contributed by atoms with Gasteiger partial charge < -0.3 is 15.4 Å². The number of nitrogens with zero attached hydrogens (tertiary/aromatic N) is 1. The Morgan fingerprint density at radius 2 is 2.04 bits per heavy atom. The Hall–Kier alpha value is -2.96. The molecule has 7 heteroatoms. The summed E-state index contributed by atoms with van der Waals surface area (Å²) in [6.45, 7) is 3.96. The maximum atomic E-state index is 13.2. The van der Waals surface area contributed by atoms with Gasteiger partial charge in [-0.2, -0.15) is 0 Å². The number of aryl methyl sites for hydroxylation is 1. The first kappa shape index (κ1) is 17.4. The first-order valence-electron chi connectivity index (χ1n) is 7.43. The van der Waals surface area contributed by atoms with Crippen LogP contribution < -0.4 is 15.4 Å². The highest BCUT2D eigenvalue weighted by molar-refractivity contribution is 6.39. The van der Waals surface area contributed by atoms with Crippen LogP contribution in [0.5, 0.6) is 5.88 Å². The number of hydrogen-bond donors (Lipinski definition) is 2. The lowest BCUT2D eigenvalue weighted by Crippen LogP contribution is -2.35. The molecule has 0 saturated carbocycles. The zero-order chi connectivity index (χ0) is 17.5. The van der Waals surface area contributed by atoms with Crippen LogP contribution in [0.2, 0.25) is 0 Å². The monoisotopic (exact) mass is 331 g/mol. The molecule has 0 unspecified atom stereocenters. The van der Waals surface area contributed by atoms with E-state index in [4.69, 9.17) is 4.74 Å². The number of pyridine rings is 1. The van der Waals surface area contributed by atoms with Crippen molar-refractivity contribution in [3.63, 3.8) is 0 Å². The average Bonchev–Trinajstić information content (AvgIpc) is 2.57. The second-order valence-electron chi connectivity index (χ2n) is 5.00. The summed E-state index contributed by atoms with van der Waals surface area (Å²) in [7, 11) is 0. The second-order valence-corrected chi connectivity index (χ2v) is 5.00. The van der Waals surface area contributed by atoms with Crippen LogP contribution in [-0.2, 0) is 16.1 Å². The van der Waals surface area contributed by atoms with Crippen molar-refractivity contribution in [3.8, 4) is 5.88 Å². The van der Waals surface area contributed by atoms with Crippen LogP contribution in [0.15, 0.2) is 36.5 Å². The van der Waals surface area contributed by atoms with Gasteiger partial charge in [0, 0.05) is 24.0 Å². The van der Waals surface area contributed by atoms with Crippen LogP contribution in [0.25, 0.3) is 0 Å². The molecule has 1 aromatic heterocycles. The number of ether oxygens (including phenoxy) is 1. The zero-order valence-corrected chi connectivity index (χ0v) is 13.4. The number of hydrogen-bond acceptors (Lipinski definition) is 4. The Morgan fingerprint density at radius 1 is 1.25 bits per heavy atom. The Kier molecular flexibility index (Phi) is 5.83. The first-order valence-corrected chi connectivity index (χ1v) is 7.43. The Labute approximate surface area is 139 Å². The standard InChI is InChI=1S/C17H18FN3O3/c1-3-24-17-12(5-4-8-19-17)10-20-15(22)16(23)21-13-6-7-14(18)11(2)9-13/h4-9H,3,10H2,1-2H3,(H,20,22)(H,21,23). The molecule has 0 fully saturated rings. The second kappa shape index (κ2) is 8.05. The zero-order valence-electron chi connectivity index (χ0n) is 13.4. The molecule has 0 aliphatic heterocycles. The van der Waals surface area contributed by atoms with Gasteiger partial charge >= 0.3 is 11.8 Å². The minimum Gasteiger partial charge on any atom is -0.478 e. The minimum atomic E-state index is -0.831. The van der Waals surface area contributed by atoms with Crippen LogP contribution in [0, 0.1) is 12.7 Å². The van der Waals surface area contributed by atoms with Crippen LogP contribution >= 0.6 is 0 Å². The number of anilines is 1. The number of rotatable bonds is 5. The van der Waals surface area contributed by atoms with Gasteiger partial charge in [-0.1, -0.05) is 6.07 Å². The lowest BCUT2D eigenvalue weighted by molar-refractivity contribution is -0.136. The van der Waals surface area contributed by atoms with Crippen molar-refractivity contribution in [2.45, 2.75) is 20.4 Å². The van der Waals surface area contributed by atoms with Gasteiger partial charge in [-0.25, -0.2) is 9.37 Å². The van der Waals surface area contributed by atoms with Gasteiger partial charge in [0.05, 0.1) is 6.61 Å². The summed E-state index contributed by atoms with van der Waals surface area (Å²) >= 11 is 0. The third-order valence-electron chi connectivity index (χ3n) is 3.19. The van der Waals surface area contributed by atoms with Crippen molar-refractivity contribution < 1.29 is 18.7 Å². The summed E-state index contributed by atoms with van der Waals surface area (Å²) in [5.74, 6) is -1.60. The lowest BCUT2D eigenvalue weighted by atomic mass is 10.2. The van der Waals surface area contributed by atoms with Gasteiger partial charge in [-0.15, -0.1) is 0 Å². The number of aromatic nitrogens is 1. The topological polar surface area (TPSA) is 80.3 Å². The lowest BCUT2D eigenvalue weighted by Gasteiger charge is -2.10. The molecule has 0 saturated heterocycles. The number of nitrogens with one attached hydrogen (secondary N) is 2. The molecule has 126 valence electrons. The molecule has 2 N–H and O–H groups in total. The fraction of sp³-hybridized carbons (Fsp3) is 0.235. The van der Waals surface area contributed by atoms with Gasteiger partial charge in [0.15, 0.2) is 0 Å². The summed E-state index contributed by atoms with van der Waals surface area (Å²) in [5.41, 5.74) is 1.40. The van der Waals surface area contributed by atoms with E-state index in [2.05, 4.69) is 15.6 Å². The first-order chi connectivity index (χ1) is 11.5. The highest BCUT2D eigenvalue weighted by atomic mass is 19.1. The summed E-state index contributed by atoms with van der Waals surface area (Å²) in [5, 5.41) is 4.92. The van der Waals surface area contributed by atoms with Crippen molar-refractivity contribution >= 4 is 17.5 Å². The summed E-state index contributed by atoms with van der Waals surface area (Å²) in [4.78, 5) is 27.8. The predicted octanol–water partition coefficient (Wildman–Crippen LogP) is 2.18. The molecular formula is C17H18FN3O3. The van der Waals surface area contributed by atoms with Crippen LogP contribution in [0.4, 0.5) is 10.1 Å². The van der Waals surface area contributed by atoms with Gasteiger partial charge in [0.2, 0.25) is 5.88 Å². The van der Waals surface area contributed by atoms with E-state index in [9.17, 15) is 14.0 Å². The van der Waals surface area contributed by atoms with Gasteiger partial charge in [-0.05, 0) is 43.7 Å². The number of benzene rings is 1. The Bertz CT molecular complexity index is 750. The molecule has 2 amide bonds. The maximum Gasteiger partial charge on any atom is 0.313 e. The molecule has 0 atom stereocenters. The van der Waals surface area contributed by atoms with Crippen LogP contribution in [-0.4, -0.2) is 23.4 Å². The summed E-state index contributed by atoms with van der Waals surface area (Å²) < 4.78 is 18.5. The minimum absolute atomic E-state index is 0.109. The molecule has 2 rings (SSSR count). The molecule has 1 aromatic carbocycles. The molecule has 6 nitrogen and oxygen atoms in total. The molecule has 0 spiro atoms. The number of carbonyl (C=O) groups excluding carboxylic acids is 2. The third-order valence-corrected chi connectivity index (χ3v) is 3.19. The van der Waals surface area contributed by atoms with Crippen LogP contribution in [0.3, 0.4) is 0 Å². The highest BCUT2D eigenvalue weighted by Gasteiger charge is 2.15. The van der Waals surface area contributed by atoms with E-state index < -0.39 is 11.8 Å². The average molecular weight is 331 g/mol. The molecule has 1 heterocycles. The number of halogens is 1. The van der Waals surface area contributed by atoms with E-state index in [1.54, 1.807) is 25.3 Å². The van der Waals surface area contributed by atoms with Gasteiger partial charge in [0.25, 0.3) is 0 Å². The van der Waals surface area contributed by atoms with E-state index >= 15 is 0 Å². The molecular weight excluding hydrogens is 313 g/mol. The normalized spacial score (nSPS) is 10.1. The van der Waals surface area contributed by atoms with Crippen molar-refractivity contribution in [3.05, 3.63) is 53.5 Å². The van der Waals surface area contributed by atoms with Gasteiger partial charge in [-0.3, -0.25) is 9.59 Å². The van der Waals surface area contributed by atoms with E-state index in [0.717, 1.165) is 0 Å². The number of carbonyl (C=O) groups is 2. The fourth-order valence-electron chi connectivity index (χ4n) is 1.99. The fourth-order valence-corrected chi connectivity index (χ4v) is 1.99. The van der Waals surface area contributed by atoms with Crippen LogP contribution in [0.1, 0.15) is 18.1 Å². The van der Waals surface area contributed by atoms with E-state index in [1.165, 1.54) is 18.2 Å². The highest BCUT2D eigenvalue weighted by Crippen LogP contribution is 2.15.